The zero-order chi connectivity index (χ0) is 20.0. The predicted molar refractivity (Wildman–Crippen MR) is 110 cm³/mol. The zero-order valence-electron chi connectivity index (χ0n) is 16.7. The van der Waals surface area contributed by atoms with Crippen molar-refractivity contribution >= 4 is 22.9 Å². The molecule has 29 heavy (non-hydrogen) atoms. The predicted octanol–water partition coefficient (Wildman–Crippen LogP) is 1.74. The lowest BCUT2D eigenvalue weighted by atomic mass is 9.76. The summed E-state index contributed by atoms with van der Waals surface area (Å²) in [5, 5.41) is 3.34. The van der Waals surface area contributed by atoms with Crippen LogP contribution in [-0.2, 0) is 4.79 Å². The molecule has 2 aliphatic rings. The Labute approximate surface area is 169 Å². The van der Waals surface area contributed by atoms with Gasteiger partial charge in [-0.15, -0.1) is 0 Å². The number of hydrogen-bond acceptors (Lipinski definition) is 6. The fourth-order valence-electron chi connectivity index (χ4n) is 5.18. The number of carbonyl (C=O) groups is 1. The molecule has 2 saturated heterocycles. The summed E-state index contributed by atoms with van der Waals surface area (Å²) in [6.07, 6.45) is 4.13. The molecule has 2 fully saturated rings. The number of imidazole rings is 1. The second-order valence-corrected chi connectivity index (χ2v) is 8.24. The summed E-state index contributed by atoms with van der Waals surface area (Å²) in [6, 6.07) is 10.6. The van der Waals surface area contributed by atoms with Gasteiger partial charge in [-0.3, -0.25) is 4.79 Å². The van der Waals surface area contributed by atoms with Gasteiger partial charge in [-0.2, -0.15) is 0 Å². The summed E-state index contributed by atoms with van der Waals surface area (Å²) in [4.78, 5) is 33.3. The minimum absolute atomic E-state index is 0.0163. The van der Waals surface area contributed by atoms with Gasteiger partial charge in [0.05, 0.1) is 17.9 Å². The van der Waals surface area contributed by atoms with Crippen molar-refractivity contribution in [2.45, 2.75) is 24.9 Å². The highest BCUT2D eigenvalue weighted by Gasteiger charge is 2.56. The molecule has 5 rings (SSSR count). The Morgan fingerprint density at radius 2 is 2.07 bits per heavy atom. The molecule has 0 spiro atoms. The minimum Gasteiger partial charge on any atom is -0.349 e. The number of anilines is 1. The van der Waals surface area contributed by atoms with E-state index in [0.717, 1.165) is 30.8 Å². The van der Waals surface area contributed by atoms with Gasteiger partial charge in [0.15, 0.2) is 11.5 Å². The van der Waals surface area contributed by atoms with Crippen LogP contribution in [0.15, 0.2) is 43.0 Å². The third kappa shape index (κ3) is 2.95. The number of nitrogens with zero attached hydrogens (tertiary/aromatic N) is 5. The first kappa shape index (κ1) is 18.1. The zero-order valence-corrected chi connectivity index (χ0v) is 16.7. The molecule has 1 aromatic carbocycles. The number of fused-ring (bicyclic) bond motifs is 2. The maximum absolute atomic E-state index is 12.2. The van der Waals surface area contributed by atoms with E-state index in [4.69, 9.17) is 0 Å². The molecule has 0 radical (unpaired) electrons. The largest absolute Gasteiger partial charge is 0.349 e. The molecule has 8 nitrogen and oxygen atoms in total. The number of benzene rings is 1. The Morgan fingerprint density at radius 3 is 2.86 bits per heavy atom. The first-order chi connectivity index (χ1) is 14.1. The van der Waals surface area contributed by atoms with E-state index in [1.807, 2.05) is 6.07 Å². The number of piperidine rings is 1. The Morgan fingerprint density at radius 1 is 1.24 bits per heavy atom. The molecular weight excluding hydrogens is 366 g/mol. The van der Waals surface area contributed by atoms with Crippen LogP contribution in [0.25, 0.3) is 11.2 Å². The fraction of sp³-hybridized carbons (Fsp3) is 0.429. The highest BCUT2D eigenvalue weighted by Crippen LogP contribution is 2.49. The topological polar surface area (TPSA) is 90.0 Å². The Kier molecular flexibility index (Phi) is 4.24. The second-order valence-electron chi connectivity index (χ2n) is 8.24. The van der Waals surface area contributed by atoms with Crippen LogP contribution in [0.3, 0.4) is 0 Å². The number of amides is 1. The number of nitrogens with one attached hydrogen (secondary N) is 2. The molecule has 2 N–H and O–H groups in total. The molecule has 0 saturated carbocycles. The van der Waals surface area contributed by atoms with Crippen molar-refractivity contribution in [3.63, 3.8) is 0 Å². The van der Waals surface area contributed by atoms with Crippen LogP contribution in [0.4, 0.5) is 5.82 Å². The number of H-pyrrole nitrogens is 1. The maximum Gasteiger partial charge on any atom is 0.217 e. The molecule has 0 aliphatic carbocycles. The van der Waals surface area contributed by atoms with Crippen molar-refractivity contribution in [1.29, 1.82) is 0 Å². The van der Waals surface area contributed by atoms with Crippen LogP contribution >= 0.6 is 0 Å². The average molecular weight is 391 g/mol. The van der Waals surface area contributed by atoms with Crippen molar-refractivity contribution < 1.29 is 4.79 Å². The van der Waals surface area contributed by atoms with Crippen molar-refractivity contribution in [3.8, 4) is 0 Å². The third-order valence-electron chi connectivity index (χ3n) is 6.37. The number of rotatable bonds is 3. The number of carbonyl (C=O) groups excluding carboxylic acids is 1. The van der Waals surface area contributed by atoms with Crippen molar-refractivity contribution in [2.75, 3.05) is 31.6 Å². The normalized spacial score (nSPS) is 27.2. The standard InChI is InChI=1S/C21H25N7O/c1-14(29)26-21-8-9-27(2)10-16(21)18(15-6-4-3-5-7-15)28(11-21)20-17-19(23-12-22-17)24-13-25-20/h3-7,12-13,16,18H,8-11H2,1-2H3,(H,26,29)(H,22,23,24,25)/t16?,18-,21-/m1/s1. The molecular formula is C21H25N7O. The van der Waals surface area contributed by atoms with E-state index in [-0.39, 0.29) is 23.4 Å². The molecule has 150 valence electrons. The SMILES string of the molecule is CC(=O)N[C@@]12CCN(C)CC1[C@@H](c1ccccc1)N(c1ncnc3nc[nH]c13)C2. The summed E-state index contributed by atoms with van der Waals surface area (Å²) in [5.74, 6) is 1.09. The van der Waals surface area contributed by atoms with Crippen LogP contribution in [0.5, 0.6) is 0 Å². The van der Waals surface area contributed by atoms with Crippen molar-refractivity contribution in [1.82, 2.24) is 30.2 Å². The van der Waals surface area contributed by atoms with Gasteiger partial charge in [0.2, 0.25) is 5.91 Å². The quantitative estimate of drug-likeness (QED) is 0.707. The van der Waals surface area contributed by atoms with E-state index in [1.54, 1.807) is 19.6 Å². The lowest BCUT2D eigenvalue weighted by Gasteiger charge is -2.43. The second kappa shape index (κ2) is 6.81. The summed E-state index contributed by atoms with van der Waals surface area (Å²) in [6.45, 7) is 4.18. The van der Waals surface area contributed by atoms with Crippen LogP contribution in [-0.4, -0.2) is 63.0 Å². The number of aromatic nitrogens is 4. The van der Waals surface area contributed by atoms with Crippen LogP contribution in [0, 0.1) is 5.92 Å². The van der Waals surface area contributed by atoms with Gasteiger partial charge in [0.25, 0.3) is 0 Å². The van der Waals surface area contributed by atoms with Gasteiger partial charge >= 0.3 is 0 Å². The van der Waals surface area contributed by atoms with Gasteiger partial charge in [-0.25, -0.2) is 15.0 Å². The summed E-state index contributed by atoms with van der Waals surface area (Å²) < 4.78 is 0. The molecule has 2 aromatic heterocycles. The number of likely N-dealkylation sites (tertiary alicyclic amines) is 1. The first-order valence-corrected chi connectivity index (χ1v) is 10.0. The van der Waals surface area contributed by atoms with Crippen molar-refractivity contribution in [2.24, 2.45) is 5.92 Å². The van der Waals surface area contributed by atoms with Crippen molar-refractivity contribution in [3.05, 3.63) is 48.5 Å². The van der Waals surface area contributed by atoms with Gasteiger partial charge < -0.3 is 20.1 Å². The molecule has 3 aromatic rings. The molecule has 1 amide bonds. The number of hydrogen-bond donors (Lipinski definition) is 2. The molecule has 0 bridgehead atoms. The third-order valence-corrected chi connectivity index (χ3v) is 6.37. The lowest BCUT2D eigenvalue weighted by molar-refractivity contribution is -0.121. The lowest BCUT2D eigenvalue weighted by Crippen LogP contribution is -2.60. The monoisotopic (exact) mass is 391 g/mol. The minimum atomic E-state index is -0.295. The van der Waals surface area contributed by atoms with E-state index in [1.165, 1.54) is 5.56 Å². The molecule has 4 heterocycles. The van der Waals surface area contributed by atoms with E-state index < -0.39 is 0 Å². The number of aromatic amines is 1. The van der Waals surface area contributed by atoms with E-state index in [2.05, 4.69) is 66.4 Å². The van der Waals surface area contributed by atoms with Gasteiger partial charge in [-0.05, 0) is 19.0 Å². The highest BCUT2D eigenvalue weighted by molar-refractivity contribution is 5.83. The smallest absolute Gasteiger partial charge is 0.217 e. The Balaban J connectivity index is 1.68. The Hall–Kier alpha value is -3.00. The summed E-state index contributed by atoms with van der Waals surface area (Å²) in [7, 11) is 2.15. The van der Waals surface area contributed by atoms with Crippen LogP contribution in [0.2, 0.25) is 0 Å². The molecule has 2 aliphatic heterocycles. The van der Waals surface area contributed by atoms with Crippen LogP contribution < -0.4 is 10.2 Å². The average Bonchev–Trinajstić information content (AvgIpc) is 3.31. The Bertz CT molecular complexity index is 1040. The first-order valence-electron chi connectivity index (χ1n) is 10.0. The van der Waals surface area contributed by atoms with E-state index >= 15 is 0 Å². The molecule has 3 atom stereocenters. The van der Waals surface area contributed by atoms with Gasteiger partial charge in [0.1, 0.15) is 11.8 Å². The van der Waals surface area contributed by atoms with Crippen LogP contribution in [0.1, 0.15) is 24.9 Å². The molecule has 1 unspecified atom stereocenters. The molecule has 8 heteroatoms. The summed E-state index contributed by atoms with van der Waals surface area (Å²) in [5.41, 5.74) is 2.42. The van der Waals surface area contributed by atoms with E-state index in [0.29, 0.717) is 12.2 Å². The van der Waals surface area contributed by atoms with E-state index in [9.17, 15) is 4.79 Å². The summed E-state index contributed by atoms with van der Waals surface area (Å²) >= 11 is 0. The van der Waals surface area contributed by atoms with Gasteiger partial charge in [0, 0.05) is 32.5 Å². The fourth-order valence-corrected chi connectivity index (χ4v) is 5.18. The highest BCUT2D eigenvalue weighted by atomic mass is 16.1. The maximum atomic E-state index is 12.2. The van der Waals surface area contributed by atoms with Gasteiger partial charge in [-0.1, -0.05) is 30.3 Å².